The maximum Gasteiger partial charge on any atom is 0.160 e. The molecule has 0 aliphatic heterocycles. The SMILES string of the molecule is Cc1sc(Br)nc1-c1ccccc1O. The minimum Gasteiger partial charge on any atom is -0.507 e. The van der Waals surface area contributed by atoms with Gasteiger partial charge in [0, 0.05) is 10.4 Å². The third kappa shape index (κ3) is 1.67. The molecule has 2 aromatic rings. The van der Waals surface area contributed by atoms with Gasteiger partial charge in [0.15, 0.2) is 3.92 Å². The Hall–Kier alpha value is -0.870. The van der Waals surface area contributed by atoms with Gasteiger partial charge in [0.2, 0.25) is 0 Å². The van der Waals surface area contributed by atoms with Crippen LogP contribution in [0.15, 0.2) is 28.2 Å². The third-order valence-electron chi connectivity index (χ3n) is 1.93. The molecule has 0 unspecified atom stereocenters. The fraction of sp³-hybridized carbons (Fsp3) is 0.100. The summed E-state index contributed by atoms with van der Waals surface area (Å²) in [7, 11) is 0. The van der Waals surface area contributed by atoms with Gasteiger partial charge in [-0.3, -0.25) is 0 Å². The molecule has 14 heavy (non-hydrogen) atoms. The molecule has 0 radical (unpaired) electrons. The largest absolute Gasteiger partial charge is 0.507 e. The smallest absolute Gasteiger partial charge is 0.160 e. The van der Waals surface area contributed by atoms with Crippen molar-refractivity contribution in [1.29, 1.82) is 0 Å². The number of rotatable bonds is 1. The van der Waals surface area contributed by atoms with Crippen LogP contribution in [-0.2, 0) is 0 Å². The molecular weight excluding hydrogens is 262 g/mol. The normalized spacial score (nSPS) is 10.4. The quantitative estimate of drug-likeness (QED) is 0.859. The predicted octanol–water partition coefficient (Wildman–Crippen LogP) is 3.59. The van der Waals surface area contributed by atoms with Crippen LogP contribution in [0.1, 0.15) is 4.88 Å². The van der Waals surface area contributed by atoms with Crippen molar-refractivity contribution in [2.75, 3.05) is 0 Å². The van der Waals surface area contributed by atoms with Gasteiger partial charge in [-0.1, -0.05) is 12.1 Å². The van der Waals surface area contributed by atoms with Crippen molar-refractivity contribution >= 4 is 27.3 Å². The van der Waals surface area contributed by atoms with Gasteiger partial charge < -0.3 is 5.11 Å². The fourth-order valence-corrected chi connectivity index (χ4v) is 2.84. The Morgan fingerprint density at radius 2 is 2.07 bits per heavy atom. The molecular formula is C10H8BrNOS. The van der Waals surface area contributed by atoms with Crippen molar-refractivity contribution < 1.29 is 5.11 Å². The summed E-state index contributed by atoms with van der Waals surface area (Å²) in [5.74, 6) is 0.272. The Balaban J connectivity index is 2.60. The summed E-state index contributed by atoms with van der Waals surface area (Å²) in [4.78, 5) is 5.41. The van der Waals surface area contributed by atoms with Crippen LogP contribution in [0.5, 0.6) is 5.75 Å². The number of phenolic OH excluding ortho intramolecular Hbond substituents is 1. The first kappa shape index (κ1) is 9.68. The number of aromatic nitrogens is 1. The van der Waals surface area contributed by atoms with Gasteiger partial charge in [-0.2, -0.15) is 0 Å². The van der Waals surface area contributed by atoms with Gasteiger partial charge in [-0.25, -0.2) is 4.98 Å². The van der Waals surface area contributed by atoms with Gasteiger partial charge in [-0.05, 0) is 35.0 Å². The second-order valence-electron chi connectivity index (χ2n) is 2.89. The van der Waals surface area contributed by atoms with Crippen molar-refractivity contribution in [2.24, 2.45) is 0 Å². The molecule has 0 amide bonds. The minimum absolute atomic E-state index is 0.272. The van der Waals surface area contributed by atoms with E-state index in [2.05, 4.69) is 20.9 Å². The number of aryl methyl sites for hydroxylation is 1. The molecule has 0 aliphatic rings. The maximum atomic E-state index is 9.65. The van der Waals surface area contributed by atoms with E-state index in [1.807, 2.05) is 19.1 Å². The highest BCUT2D eigenvalue weighted by molar-refractivity contribution is 9.11. The molecule has 1 aromatic heterocycles. The van der Waals surface area contributed by atoms with Gasteiger partial charge in [0.05, 0.1) is 5.69 Å². The number of hydrogen-bond acceptors (Lipinski definition) is 3. The van der Waals surface area contributed by atoms with Gasteiger partial charge in [0.1, 0.15) is 5.75 Å². The first-order valence-electron chi connectivity index (χ1n) is 4.10. The summed E-state index contributed by atoms with van der Waals surface area (Å²) in [6.07, 6.45) is 0. The van der Waals surface area contributed by atoms with Gasteiger partial charge >= 0.3 is 0 Å². The Kier molecular flexibility index (Phi) is 2.56. The summed E-state index contributed by atoms with van der Waals surface area (Å²) in [5.41, 5.74) is 1.63. The Bertz CT molecular complexity index is 467. The molecule has 0 bridgehead atoms. The summed E-state index contributed by atoms with van der Waals surface area (Å²) in [5, 5.41) is 9.65. The van der Waals surface area contributed by atoms with Crippen molar-refractivity contribution in [1.82, 2.24) is 4.98 Å². The topological polar surface area (TPSA) is 33.1 Å². The number of nitrogens with zero attached hydrogens (tertiary/aromatic N) is 1. The molecule has 0 saturated heterocycles. The number of phenols is 1. The van der Waals surface area contributed by atoms with Gasteiger partial charge in [0.25, 0.3) is 0 Å². The zero-order valence-electron chi connectivity index (χ0n) is 7.49. The van der Waals surface area contributed by atoms with Crippen LogP contribution in [0.4, 0.5) is 0 Å². The lowest BCUT2D eigenvalue weighted by atomic mass is 10.1. The lowest BCUT2D eigenvalue weighted by Crippen LogP contribution is -1.80. The summed E-state index contributed by atoms with van der Waals surface area (Å²) < 4.78 is 0.841. The number of para-hydroxylation sites is 1. The first-order chi connectivity index (χ1) is 6.68. The second-order valence-corrected chi connectivity index (χ2v) is 5.37. The van der Waals surface area contributed by atoms with Crippen LogP contribution in [0.2, 0.25) is 0 Å². The van der Waals surface area contributed by atoms with Crippen molar-refractivity contribution in [3.63, 3.8) is 0 Å². The standard InChI is InChI=1S/C10H8BrNOS/c1-6-9(12-10(11)14-6)7-4-2-3-5-8(7)13/h2-5,13H,1H3. The molecule has 0 saturated carbocycles. The summed E-state index contributed by atoms with van der Waals surface area (Å²) in [6, 6.07) is 7.23. The lowest BCUT2D eigenvalue weighted by Gasteiger charge is -2.00. The van der Waals surface area contributed by atoms with Crippen LogP contribution < -0.4 is 0 Å². The zero-order chi connectivity index (χ0) is 10.1. The van der Waals surface area contributed by atoms with E-state index in [0.717, 1.165) is 20.1 Å². The van der Waals surface area contributed by atoms with E-state index in [0.29, 0.717) is 0 Å². The maximum absolute atomic E-state index is 9.65. The monoisotopic (exact) mass is 269 g/mol. The van der Waals surface area contributed by atoms with Crippen LogP contribution in [0.3, 0.4) is 0 Å². The zero-order valence-corrected chi connectivity index (χ0v) is 9.89. The highest BCUT2D eigenvalue weighted by atomic mass is 79.9. The van der Waals surface area contributed by atoms with E-state index in [-0.39, 0.29) is 5.75 Å². The van der Waals surface area contributed by atoms with Crippen LogP contribution in [-0.4, -0.2) is 10.1 Å². The molecule has 0 spiro atoms. The van der Waals surface area contributed by atoms with Gasteiger partial charge in [-0.15, -0.1) is 11.3 Å². The van der Waals surface area contributed by atoms with Crippen molar-refractivity contribution in [3.05, 3.63) is 33.1 Å². The Morgan fingerprint density at radius 3 is 2.64 bits per heavy atom. The molecule has 1 heterocycles. The van der Waals surface area contributed by atoms with Crippen LogP contribution in [0, 0.1) is 6.92 Å². The molecule has 0 atom stereocenters. The second kappa shape index (κ2) is 3.71. The predicted molar refractivity (Wildman–Crippen MR) is 61.7 cm³/mol. The highest BCUT2D eigenvalue weighted by Crippen LogP contribution is 2.34. The summed E-state index contributed by atoms with van der Waals surface area (Å²) in [6.45, 7) is 1.99. The van der Waals surface area contributed by atoms with E-state index in [1.165, 1.54) is 0 Å². The third-order valence-corrected chi connectivity index (χ3v) is 3.35. The number of hydrogen-bond donors (Lipinski definition) is 1. The molecule has 4 heteroatoms. The molecule has 72 valence electrons. The molecule has 1 N–H and O–H groups in total. The number of benzene rings is 1. The average molecular weight is 270 g/mol. The van der Waals surface area contributed by atoms with Crippen LogP contribution >= 0.6 is 27.3 Å². The number of aromatic hydroxyl groups is 1. The summed E-state index contributed by atoms with van der Waals surface area (Å²) >= 11 is 4.90. The molecule has 1 aromatic carbocycles. The Morgan fingerprint density at radius 1 is 1.36 bits per heavy atom. The Labute approximate surface area is 94.4 Å². The van der Waals surface area contributed by atoms with E-state index in [4.69, 9.17) is 0 Å². The van der Waals surface area contributed by atoms with E-state index in [9.17, 15) is 5.11 Å². The molecule has 0 aliphatic carbocycles. The van der Waals surface area contributed by atoms with Crippen LogP contribution in [0.25, 0.3) is 11.3 Å². The average Bonchev–Trinajstić information content (AvgIpc) is 2.46. The minimum atomic E-state index is 0.272. The van der Waals surface area contributed by atoms with E-state index in [1.54, 1.807) is 23.5 Å². The fourth-order valence-electron chi connectivity index (χ4n) is 1.29. The van der Waals surface area contributed by atoms with E-state index < -0.39 is 0 Å². The van der Waals surface area contributed by atoms with Crippen molar-refractivity contribution in [3.8, 4) is 17.0 Å². The first-order valence-corrected chi connectivity index (χ1v) is 5.70. The molecule has 2 nitrogen and oxygen atoms in total. The van der Waals surface area contributed by atoms with E-state index >= 15 is 0 Å². The highest BCUT2D eigenvalue weighted by Gasteiger charge is 2.10. The molecule has 0 fully saturated rings. The number of thiazole rings is 1. The number of halogens is 1. The van der Waals surface area contributed by atoms with Crippen molar-refractivity contribution in [2.45, 2.75) is 6.92 Å². The lowest BCUT2D eigenvalue weighted by molar-refractivity contribution is 0.477. The molecule has 2 rings (SSSR count).